The van der Waals surface area contributed by atoms with Crippen LogP contribution in [0.3, 0.4) is 0 Å². The van der Waals surface area contributed by atoms with Gasteiger partial charge in [-0.3, -0.25) is 14.4 Å². The van der Waals surface area contributed by atoms with Crippen LogP contribution in [0, 0.1) is 40.9 Å². The first-order chi connectivity index (χ1) is 20.4. The monoisotopic (exact) mass is 601 g/mol. The molecule has 9 nitrogen and oxygen atoms in total. The SMILES string of the molecule is CC(C)C.CNc1ccccc1.N#CC1CC(C=O)CN1C(=O)[C@@H]1C2CCCCC2CN1C(=O)CNC(=O)C1CC1(F)F. The molecular formula is C32H45F2N5O4. The maximum absolute atomic E-state index is 13.5. The number of hydrogen-bond donors (Lipinski definition) is 2. The third-order valence-corrected chi connectivity index (χ3v) is 8.29. The highest BCUT2D eigenvalue weighted by Crippen LogP contribution is 2.48. The molecule has 2 aliphatic carbocycles. The lowest BCUT2D eigenvalue weighted by Crippen LogP contribution is -2.53. The van der Waals surface area contributed by atoms with Gasteiger partial charge in [-0.1, -0.05) is 51.8 Å². The number of para-hydroxylation sites is 1. The van der Waals surface area contributed by atoms with E-state index in [1.165, 1.54) is 9.80 Å². The van der Waals surface area contributed by atoms with Crippen molar-refractivity contribution in [2.75, 3.05) is 32.0 Å². The number of nitrogens with one attached hydrogen (secondary N) is 2. The Labute approximate surface area is 253 Å². The number of likely N-dealkylation sites (tertiary alicyclic amines) is 2. The van der Waals surface area contributed by atoms with Crippen LogP contribution < -0.4 is 10.6 Å². The van der Waals surface area contributed by atoms with Gasteiger partial charge >= 0.3 is 0 Å². The maximum Gasteiger partial charge on any atom is 0.260 e. The molecule has 43 heavy (non-hydrogen) atoms. The third kappa shape index (κ3) is 8.97. The second-order valence-corrected chi connectivity index (χ2v) is 12.6. The number of rotatable bonds is 6. The zero-order valence-electron chi connectivity index (χ0n) is 25.6. The van der Waals surface area contributed by atoms with Crippen LogP contribution in [0.15, 0.2) is 30.3 Å². The number of carbonyl (C=O) groups excluding carboxylic acids is 4. The van der Waals surface area contributed by atoms with Crippen molar-refractivity contribution in [1.82, 2.24) is 15.1 Å². The molecule has 5 rings (SSSR count). The molecule has 0 radical (unpaired) electrons. The van der Waals surface area contributed by atoms with Gasteiger partial charge in [0.15, 0.2) is 0 Å². The predicted molar refractivity (Wildman–Crippen MR) is 159 cm³/mol. The van der Waals surface area contributed by atoms with Crippen molar-refractivity contribution in [3.8, 4) is 6.07 Å². The second-order valence-electron chi connectivity index (χ2n) is 12.6. The fourth-order valence-electron chi connectivity index (χ4n) is 6.04. The molecule has 5 unspecified atom stereocenters. The lowest BCUT2D eigenvalue weighted by molar-refractivity contribution is -0.145. The van der Waals surface area contributed by atoms with E-state index in [0.29, 0.717) is 6.54 Å². The highest BCUT2D eigenvalue weighted by Gasteiger charge is 2.61. The lowest BCUT2D eigenvalue weighted by Gasteiger charge is -2.33. The van der Waals surface area contributed by atoms with E-state index < -0.39 is 54.6 Å². The van der Waals surface area contributed by atoms with E-state index in [1.807, 2.05) is 37.4 Å². The molecular weight excluding hydrogens is 556 g/mol. The van der Waals surface area contributed by atoms with E-state index in [0.717, 1.165) is 43.6 Å². The summed E-state index contributed by atoms with van der Waals surface area (Å²) in [5.74, 6) is -5.52. The quantitative estimate of drug-likeness (QED) is 0.474. The van der Waals surface area contributed by atoms with Crippen LogP contribution in [0.4, 0.5) is 14.5 Å². The van der Waals surface area contributed by atoms with Crippen LogP contribution in [0.25, 0.3) is 0 Å². The van der Waals surface area contributed by atoms with Gasteiger partial charge in [-0.2, -0.15) is 5.26 Å². The standard InChI is InChI=1S/C21H26F2N4O4.C7H9N.C4H10/c22-21(23)6-16(21)19(30)25-8-17(29)27-10-13-3-1-2-4-15(13)18(27)20(31)26-9-12(11-28)5-14(26)7-24;1-8-7-5-3-2-4-6-7;1-4(2)3/h11-16,18H,1-6,8-10H2,(H,25,30);2-6,8H,1H3;4H,1-3H3/t12?,13?,14?,15?,16?,18-;;/m0../s1. The first-order valence-electron chi connectivity index (χ1n) is 15.3. The Hall–Kier alpha value is -3.55. The van der Waals surface area contributed by atoms with Gasteiger partial charge in [-0.15, -0.1) is 0 Å². The van der Waals surface area contributed by atoms with E-state index in [9.17, 15) is 33.2 Å². The topological polar surface area (TPSA) is 123 Å². The van der Waals surface area contributed by atoms with Gasteiger partial charge in [0.05, 0.1) is 12.6 Å². The van der Waals surface area contributed by atoms with Crippen molar-refractivity contribution in [1.29, 1.82) is 5.26 Å². The molecule has 3 amide bonds. The maximum atomic E-state index is 13.5. The van der Waals surface area contributed by atoms with E-state index in [1.54, 1.807) is 0 Å². The fourth-order valence-corrected chi connectivity index (χ4v) is 6.04. The minimum absolute atomic E-state index is 0.0386. The number of fused-ring (bicyclic) bond motifs is 1. The van der Waals surface area contributed by atoms with Crippen LogP contribution >= 0.6 is 0 Å². The predicted octanol–water partition coefficient (Wildman–Crippen LogP) is 4.11. The zero-order valence-corrected chi connectivity index (χ0v) is 25.6. The second kappa shape index (κ2) is 15.3. The number of hydrogen-bond acceptors (Lipinski definition) is 6. The summed E-state index contributed by atoms with van der Waals surface area (Å²) in [5, 5.41) is 14.8. The number of aldehydes is 1. The number of alkyl halides is 2. The van der Waals surface area contributed by atoms with Gasteiger partial charge in [0.25, 0.3) is 5.92 Å². The molecule has 11 heteroatoms. The number of benzene rings is 1. The molecule has 0 spiro atoms. The van der Waals surface area contributed by atoms with Gasteiger partial charge in [-0.25, -0.2) is 8.78 Å². The molecule has 4 aliphatic rings. The van der Waals surface area contributed by atoms with Gasteiger partial charge in [0.1, 0.15) is 24.3 Å². The minimum atomic E-state index is -3.01. The Morgan fingerprint density at radius 2 is 1.72 bits per heavy atom. The summed E-state index contributed by atoms with van der Waals surface area (Å²) in [6.07, 6.45) is 4.15. The Morgan fingerprint density at radius 1 is 1.09 bits per heavy atom. The molecule has 2 heterocycles. The molecule has 1 aromatic carbocycles. The zero-order chi connectivity index (χ0) is 31.7. The fraction of sp³-hybridized carbons (Fsp3) is 0.656. The Kier molecular flexibility index (Phi) is 12.0. The van der Waals surface area contributed by atoms with E-state index >= 15 is 0 Å². The number of carbonyl (C=O) groups is 4. The normalized spacial score (nSPS) is 28.2. The average molecular weight is 602 g/mol. The van der Waals surface area contributed by atoms with E-state index in [4.69, 9.17) is 0 Å². The molecule has 6 atom stereocenters. The minimum Gasteiger partial charge on any atom is -0.388 e. The largest absolute Gasteiger partial charge is 0.388 e. The van der Waals surface area contributed by atoms with E-state index in [2.05, 4.69) is 37.5 Å². The molecule has 236 valence electrons. The number of amides is 3. The first kappa shape index (κ1) is 33.9. The lowest BCUT2D eigenvalue weighted by atomic mass is 9.78. The smallest absolute Gasteiger partial charge is 0.260 e. The van der Waals surface area contributed by atoms with Crippen LogP contribution in [0.2, 0.25) is 0 Å². The highest BCUT2D eigenvalue weighted by atomic mass is 19.3. The summed E-state index contributed by atoms with van der Waals surface area (Å²) in [6, 6.07) is 10.7. The number of halogens is 2. The molecule has 1 aromatic rings. The summed E-state index contributed by atoms with van der Waals surface area (Å²) in [6.45, 7) is 6.59. The summed E-state index contributed by atoms with van der Waals surface area (Å²) in [7, 11) is 1.91. The summed E-state index contributed by atoms with van der Waals surface area (Å²) in [4.78, 5) is 52.3. The van der Waals surface area contributed by atoms with Crippen molar-refractivity contribution in [2.45, 2.75) is 77.3 Å². The Morgan fingerprint density at radius 3 is 2.26 bits per heavy atom. The van der Waals surface area contributed by atoms with Crippen LogP contribution in [-0.4, -0.2) is 78.5 Å². The van der Waals surface area contributed by atoms with Crippen molar-refractivity contribution in [3.63, 3.8) is 0 Å². The van der Waals surface area contributed by atoms with Crippen molar-refractivity contribution >= 4 is 29.7 Å². The average Bonchev–Trinajstić information content (AvgIpc) is 3.31. The van der Waals surface area contributed by atoms with Crippen LogP contribution in [0.1, 0.15) is 59.3 Å². The molecule has 2 saturated heterocycles. The van der Waals surface area contributed by atoms with Crippen LogP contribution in [-0.2, 0) is 19.2 Å². The molecule has 0 bridgehead atoms. The van der Waals surface area contributed by atoms with Gasteiger partial charge in [-0.05, 0) is 49.1 Å². The van der Waals surface area contributed by atoms with Crippen molar-refractivity contribution < 1.29 is 28.0 Å². The highest BCUT2D eigenvalue weighted by molar-refractivity contribution is 5.92. The number of nitriles is 1. The Balaban J connectivity index is 0.000000353. The van der Waals surface area contributed by atoms with Gasteiger partial charge in [0, 0.05) is 38.2 Å². The third-order valence-electron chi connectivity index (χ3n) is 8.29. The molecule has 2 saturated carbocycles. The van der Waals surface area contributed by atoms with Crippen LogP contribution in [0.5, 0.6) is 0 Å². The summed E-state index contributed by atoms with van der Waals surface area (Å²) >= 11 is 0. The first-order valence-corrected chi connectivity index (χ1v) is 15.3. The summed E-state index contributed by atoms with van der Waals surface area (Å²) < 4.78 is 26.2. The van der Waals surface area contributed by atoms with E-state index in [-0.39, 0.29) is 30.7 Å². The number of anilines is 1. The molecule has 2 aliphatic heterocycles. The molecule has 2 N–H and O–H groups in total. The number of nitrogens with zero attached hydrogens (tertiary/aromatic N) is 3. The Bertz CT molecular complexity index is 1160. The van der Waals surface area contributed by atoms with Gasteiger partial charge < -0.3 is 25.2 Å². The molecule has 4 fully saturated rings. The molecule has 0 aromatic heterocycles. The summed E-state index contributed by atoms with van der Waals surface area (Å²) in [5.41, 5.74) is 1.16. The van der Waals surface area contributed by atoms with Gasteiger partial charge in [0.2, 0.25) is 17.7 Å². The van der Waals surface area contributed by atoms with Crippen molar-refractivity contribution in [3.05, 3.63) is 30.3 Å². The van der Waals surface area contributed by atoms with Crippen molar-refractivity contribution in [2.24, 2.45) is 29.6 Å².